The first-order chi connectivity index (χ1) is 15.6. The van der Waals surface area contributed by atoms with Crippen LogP contribution in [-0.2, 0) is 26.2 Å². The number of amides is 1. The number of benzene rings is 1. The monoisotopic (exact) mass is 481 g/mol. The fraction of sp³-hybridized carbons (Fsp3) is 0.652. The third-order valence-corrected chi connectivity index (χ3v) is 7.30. The summed E-state index contributed by atoms with van der Waals surface area (Å²) in [6.45, 7) is 8.97. The van der Waals surface area contributed by atoms with E-state index in [1.165, 1.54) is 9.87 Å². The molecule has 1 aliphatic heterocycles. The predicted octanol–water partition coefficient (Wildman–Crippen LogP) is 3.72. The maximum absolute atomic E-state index is 12.6. The van der Waals surface area contributed by atoms with Gasteiger partial charge in [-0.3, -0.25) is 0 Å². The van der Waals surface area contributed by atoms with E-state index in [9.17, 15) is 13.2 Å². The van der Waals surface area contributed by atoms with E-state index >= 15 is 0 Å². The molecule has 0 radical (unpaired) electrons. The number of aryl methyl sites for hydroxylation is 1. The maximum atomic E-state index is 12.6. The molecular formula is C23H35N3O6S. The number of hydrogen-bond donors (Lipinski definition) is 0. The number of carbonyl (C=O) groups is 1. The summed E-state index contributed by atoms with van der Waals surface area (Å²) in [6.07, 6.45) is 3.34. The summed E-state index contributed by atoms with van der Waals surface area (Å²) in [5.41, 5.74) is 2.60. The minimum absolute atomic E-state index is 0.121. The van der Waals surface area contributed by atoms with Crippen molar-refractivity contribution < 1.29 is 27.5 Å². The first-order valence-corrected chi connectivity index (χ1v) is 13.0. The lowest BCUT2D eigenvalue weighted by molar-refractivity contribution is 0.0405. The molecule has 1 saturated heterocycles. The van der Waals surface area contributed by atoms with Gasteiger partial charge in [0.15, 0.2) is 0 Å². The van der Waals surface area contributed by atoms with Crippen LogP contribution in [0.5, 0.6) is 5.75 Å². The second-order valence-corrected chi connectivity index (χ2v) is 11.0. The summed E-state index contributed by atoms with van der Waals surface area (Å²) in [5, 5.41) is 4.18. The Morgan fingerprint density at radius 1 is 1.12 bits per heavy atom. The van der Waals surface area contributed by atoms with Crippen LogP contribution in [0.1, 0.15) is 64.5 Å². The lowest BCUT2D eigenvalue weighted by Gasteiger charge is -2.24. The van der Waals surface area contributed by atoms with Gasteiger partial charge in [-0.05, 0) is 83.6 Å². The molecule has 0 N–H and O–H groups in total. The number of hydrogen-bond acceptors (Lipinski definition) is 7. The van der Waals surface area contributed by atoms with Crippen LogP contribution in [0.3, 0.4) is 0 Å². The van der Waals surface area contributed by atoms with Crippen LogP contribution in [0.25, 0.3) is 0 Å². The van der Waals surface area contributed by atoms with Crippen molar-refractivity contribution in [1.29, 1.82) is 0 Å². The highest BCUT2D eigenvalue weighted by Gasteiger charge is 2.41. The van der Waals surface area contributed by atoms with Gasteiger partial charge < -0.3 is 14.3 Å². The minimum Gasteiger partial charge on any atom is -0.494 e. The second-order valence-electron chi connectivity index (χ2n) is 9.14. The van der Waals surface area contributed by atoms with Gasteiger partial charge in [-0.2, -0.15) is 17.0 Å². The van der Waals surface area contributed by atoms with Crippen molar-refractivity contribution in [3.05, 3.63) is 29.3 Å². The summed E-state index contributed by atoms with van der Waals surface area (Å²) >= 11 is 0. The number of oxime groups is 1. The molecule has 1 aromatic carbocycles. The van der Waals surface area contributed by atoms with E-state index in [1.54, 1.807) is 20.8 Å². The molecule has 1 heterocycles. The lowest BCUT2D eigenvalue weighted by atomic mass is 10.1. The van der Waals surface area contributed by atoms with Gasteiger partial charge in [-0.25, -0.2) is 4.79 Å². The molecule has 10 heteroatoms. The number of fused-ring (bicyclic) bond motifs is 1. The molecule has 0 unspecified atom stereocenters. The topological polar surface area (TPSA) is 97.7 Å². The highest BCUT2D eigenvalue weighted by Crippen LogP contribution is 2.27. The number of rotatable bonds is 9. The first kappa shape index (κ1) is 25.3. The molecular weight excluding hydrogens is 446 g/mol. The van der Waals surface area contributed by atoms with Crippen molar-refractivity contribution >= 4 is 22.0 Å². The van der Waals surface area contributed by atoms with E-state index in [2.05, 4.69) is 11.2 Å². The van der Waals surface area contributed by atoms with Crippen molar-refractivity contribution in [1.82, 2.24) is 8.61 Å². The van der Waals surface area contributed by atoms with E-state index in [-0.39, 0.29) is 6.54 Å². The molecule has 1 fully saturated rings. The van der Waals surface area contributed by atoms with Crippen molar-refractivity contribution in [3.63, 3.8) is 0 Å². The lowest BCUT2D eigenvalue weighted by Crippen LogP contribution is -2.40. The Hall–Kier alpha value is -2.33. The molecule has 9 nitrogen and oxygen atoms in total. The quantitative estimate of drug-likeness (QED) is 0.394. The van der Waals surface area contributed by atoms with Crippen LogP contribution in [0.4, 0.5) is 4.79 Å². The zero-order chi connectivity index (χ0) is 24.1. The molecule has 0 atom stereocenters. The van der Waals surface area contributed by atoms with Crippen LogP contribution < -0.4 is 4.74 Å². The summed E-state index contributed by atoms with van der Waals surface area (Å²) < 4.78 is 38.5. The Labute approximate surface area is 196 Å². The Balaban J connectivity index is 1.38. The van der Waals surface area contributed by atoms with Gasteiger partial charge in [-0.15, -0.1) is 0 Å². The van der Waals surface area contributed by atoms with E-state index in [4.69, 9.17) is 14.3 Å². The maximum Gasteiger partial charge on any atom is 0.425 e. The predicted molar refractivity (Wildman–Crippen MR) is 126 cm³/mol. The summed E-state index contributed by atoms with van der Waals surface area (Å²) in [6, 6.07) is 6.05. The Morgan fingerprint density at radius 3 is 2.64 bits per heavy atom. The molecule has 0 bridgehead atoms. The van der Waals surface area contributed by atoms with Crippen molar-refractivity contribution in [3.8, 4) is 5.75 Å². The molecule has 184 valence electrons. The number of nitrogens with zero attached hydrogens (tertiary/aromatic N) is 3. The van der Waals surface area contributed by atoms with E-state index in [0.29, 0.717) is 32.7 Å². The standard InChI is InChI=1S/C23H35N3O6S/c1-5-31-24-21-12-9-18-17-19(10-11-20(18)21)30-16-8-6-7-13-25-14-15-26(33(25,28)29)22(27)32-23(2,3)4/h10-11,17H,5-9,12-16H2,1-4H3/b24-21+. The van der Waals surface area contributed by atoms with Gasteiger partial charge in [0.2, 0.25) is 0 Å². The van der Waals surface area contributed by atoms with Crippen LogP contribution in [0.2, 0.25) is 0 Å². The van der Waals surface area contributed by atoms with E-state index in [1.807, 2.05) is 19.1 Å². The Kier molecular flexibility index (Phi) is 8.23. The normalized spacial score (nSPS) is 19.0. The summed E-state index contributed by atoms with van der Waals surface area (Å²) in [4.78, 5) is 17.4. The molecule has 1 aromatic rings. The van der Waals surface area contributed by atoms with E-state index in [0.717, 1.165) is 47.0 Å². The Morgan fingerprint density at radius 2 is 1.91 bits per heavy atom. The highest BCUT2D eigenvalue weighted by atomic mass is 32.2. The molecule has 2 aliphatic rings. The van der Waals surface area contributed by atoms with Crippen molar-refractivity contribution in [2.45, 2.75) is 65.4 Å². The van der Waals surface area contributed by atoms with Crippen LogP contribution in [-0.4, -0.2) is 67.3 Å². The van der Waals surface area contributed by atoms with Crippen LogP contribution >= 0.6 is 0 Å². The highest BCUT2D eigenvalue weighted by molar-refractivity contribution is 7.87. The van der Waals surface area contributed by atoms with Gasteiger partial charge in [0.1, 0.15) is 18.0 Å². The number of carbonyl (C=O) groups excluding carboxylic acids is 1. The molecule has 33 heavy (non-hydrogen) atoms. The first-order valence-electron chi connectivity index (χ1n) is 11.6. The third-order valence-electron chi connectivity index (χ3n) is 5.40. The van der Waals surface area contributed by atoms with Gasteiger partial charge in [-0.1, -0.05) is 5.16 Å². The number of unbranched alkanes of at least 4 members (excludes halogenated alkanes) is 2. The van der Waals surface area contributed by atoms with E-state index < -0.39 is 21.9 Å². The van der Waals surface area contributed by atoms with Crippen molar-refractivity contribution in [2.24, 2.45) is 5.16 Å². The fourth-order valence-electron chi connectivity index (χ4n) is 3.83. The Bertz CT molecular complexity index is 971. The SMILES string of the molecule is CCO/N=C1\CCc2cc(OCCCCCN3CCN(C(=O)OC(C)(C)C)S3(=O)=O)ccc21. The largest absolute Gasteiger partial charge is 0.494 e. The molecule has 1 amide bonds. The summed E-state index contributed by atoms with van der Waals surface area (Å²) in [5.74, 6) is 0.835. The van der Waals surface area contributed by atoms with Crippen LogP contribution in [0, 0.1) is 0 Å². The molecule has 3 rings (SSSR count). The molecule has 0 aromatic heterocycles. The molecule has 0 spiro atoms. The second kappa shape index (κ2) is 10.7. The summed E-state index contributed by atoms with van der Waals surface area (Å²) in [7, 11) is -3.81. The number of ether oxygens (including phenoxy) is 2. The molecule has 0 saturated carbocycles. The smallest absolute Gasteiger partial charge is 0.425 e. The third kappa shape index (κ3) is 6.60. The fourth-order valence-corrected chi connectivity index (χ4v) is 5.32. The average molecular weight is 482 g/mol. The van der Waals surface area contributed by atoms with Crippen molar-refractivity contribution in [2.75, 3.05) is 32.8 Å². The minimum atomic E-state index is -3.81. The zero-order valence-electron chi connectivity index (χ0n) is 20.0. The van der Waals surface area contributed by atoms with Gasteiger partial charge in [0.05, 0.1) is 18.9 Å². The molecule has 1 aliphatic carbocycles. The van der Waals surface area contributed by atoms with Crippen LogP contribution in [0.15, 0.2) is 23.4 Å². The van der Waals surface area contributed by atoms with Gasteiger partial charge in [0, 0.05) is 18.7 Å². The van der Waals surface area contributed by atoms with Gasteiger partial charge in [0.25, 0.3) is 0 Å². The average Bonchev–Trinajstić information content (AvgIpc) is 3.27. The van der Waals surface area contributed by atoms with Gasteiger partial charge >= 0.3 is 16.3 Å². The zero-order valence-corrected chi connectivity index (χ0v) is 20.8.